The molecular weight excluding hydrogens is 376 g/mol. The van der Waals surface area contributed by atoms with Crippen LogP contribution >= 0.6 is 11.5 Å². The Kier molecular flexibility index (Phi) is 4.16. The van der Waals surface area contributed by atoms with Crippen LogP contribution in [0.25, 0.3) is 11.3 Å². The van der Waals surface area contributed by atoms with Gasteiger partial charge in [-0.15, -0.1) is 0 Å². The van der Waals surface area contributed by atoms with Crippen molar-refractivity contribution in [3.05, 3.63) is 52.9 Å². The predicted molar refractivity (Wildman–Crippen MR) is 107 cm³/mol. The van der Waals surface area contributed by atoms with Crippen LogP contribution in [0.2, 0.25) is 0 Å². The highest BCUT2D eigenvalue weighted by Crippen LogP contribution is 2.46. The van der Waals surface area contributed by atoms with E-state index in [4.69, 9.17) is 14.2 Å². The number of nitrogens with one attached hydrogen (secondary N) is 1. The summed E-state index contributed by atoms with van der Waals surface area (Å²) in [5, 5.41) is 3.02. The highest BCUT2D eigenvalue weighted by Gasteiger charge is 2.32. The molecule has 28 heavy (non-hydrogen) atoms. The summed E-state index contributed by atoms with van der Waals surface area (Å²) in [6.07, 6.45) is 0.386. The monoisotopic (exact) mass is 394 g/mol. The maximum Gasteiger partial charge on any atom is 0.225 e. The molecule has 0 saturated heterocycles. The Morgan fingerprint density at radius 1 is 1.11 bits per heavy atom. The summed E-state index contributed by atoms with van der Waals surface area (Å²) in [6.45, 7) is 1.09. The first-order valence-electron chi connectivity index (χ1n) is 9.06. The molecule has 1 aromatic heterocycles. The first-order valence-corrected chi connectivity index (χ1v) is 9.83. The minimum absolute atomic E-state index is 0.0117. The van der Waals surface area contributed by atoms with E-state index < -0.39 is 0 Å². The second-order valence-electron chi connectivity index (χ2n) is 6.71. The van der Waals surface area contributed by atoms with Crippen LogP contribution < -0.4 is 19.5 Å². The van der Waals surface area contributed by atoms with Crippen molar-refractivity contribution in [1.82, 2.24) is 4.37 Å². The molecule has 5 rings (SSSR count). The minimum atomic E-state index is -0.0518. The van der Waals surface area contributed by atoms with E-state index in [-0.39, 0.29) is 11.8 Å². The van der Waals surface area contributed by atoms with E-state index in [1.165, 1.54) is 11.5 Å². The summed E-state index contributed by atoms with van der Waals surface area (Å²) in [7, 11) is 1.64. The second kappa shape index (κ2) is 6.83. The van der Waals surface area contributed by atoms with Gasteiger partial charge in [0.25, 0.3) is 0 Å². The lowest BCUT2D eigenvalue weighted by atomic mass is 9.89. The van der Waals surface area contributed by atoms with E-state index in [0.717, 1.165) is 44.6 Å². The summed E-state index contributed by atoms with van der Waals surface area (Å²) >= 11 is 1.43. The Morgan fingerprint density at radius 3 is 2.68 bits per heavy atom. The molecule has 3 heterocycles. The maximum absolute atomic E-state index is 12.5. The molecule has 3 aromatic rings. The molecule has 1 atom stereocenters. The number of anilines is 1. The molecule has 6 nitrogen and oxygen atoms in total. The molecule has 0 aliphatic carbocycles. The summed E-state index contributed by atoms with van der Waals surface area (Å²) in [5.74, 6) is 2.20. The third-order valence-corrected chi connectivity index (χ3v) is 5.98. The van der Waals surface area contributed by atoms with Gasteiger partial charge in [-0.25, -0.2) is 0 Å². The number of rotatable bonds is 3. The number of carbonyl (C=O) groups excluding carboxylic acids is 1. The van der Waals surface area contributed by atoms with E-state index in [1.54, 1.807) is 7.11 Å². The van der Waals surface area contributed by atoms with Crippen molar-refractivity contribution in [2.45, 2.75) is 12.3 Å². The van der Waals surface area contributed by atoms with Crippen LogP contribution in [-0.2, 0) is 4.79 Å². The number of amides is 1. The van der Waals surface area contributed by atoms with Crippen molar-refractivity contribution in [3.8, 4) is 28.5 Å². The lowest BCUT2D eigenvalue weighted by Gasteiger charge is -2.25. The van der Waals surface area contributed by atoms with Gasteiger partial charge in [0.2, 0.25) is 5.91 Å². The van der Waals surface area contributed by atoms with Crippen molar-refractivity contribution in [2.75, 3.05) is 25.6 Å². The van der Waals surface area contributed by atoms with E-state index in [9.17, 15) is 4.79 Å². The molecule has 0 radical (unpaired) electrons. The number of fused-ring (bicyclic) bond motifs is 2. The molecule has 142 valence electrons. The lowest BCUT2D eigenvalue weighted by Crippen LogP contribution is -2.23. The number of benzene rings is 2. The van der Waals surface area contributed by atoms with Crippen molar-refractivity contribution >= 4 is 23.1 Å². The normalized spacial score (nSPS) is 17.6. The summed E-state index contributed by atoms with van der Waals surface area (Å²) in [5.41, 5.74) is 3.57. The van der Waals surface area contributed by atoms with Gasteiger partial charge in [0.05, 0.1) is 17.7 Å². The Labute approximate surface area is 166 Å². The van der Waals surface area contributed by atoms with E-state index >= 15 is 0 Å². The predicted octanol–water partition coefficient (Wildman–Crippen LogP) is 4.06. The lowest BCUT2D eigenvalue weighted by molar-refractivity contribution is -0.116. The highest BCUT2D eigenvalue weighted by atomic mass is 32.1. The van der Waals surface area contributed by atoms with E-state index in [2.05, 4.69) is 9.69 Å². The largest absolute Gasteiger partial charge is 0.497 e. The van der Waals surface area contributed by atoms with Gasteiger partial charge in [-0.1, -0.05) is 6.07 Å². The van der Waals surface area contributed by atoms with Crippen molar-refractivity contribution in [1.29, 1.82) is 0 Å². The smallest absolute Gasteiger partial charge is 0.225 e. The van der Waals surface area contributed by atoms with Crippen LogP contribution in [0, 0.1) is 0 Å². The highest BCUT2D eigenvalue weighted by molar-refractivity contribution is 7.07. The molecule has 0 unspecified atom stereocenters. The van der Waals surface area contributed by atoms with Crippen molar-refractivity contribution in [3.63, 3.8) is 0 Å². The number of ether oxygens (including phenoxy) is 3. The first kappa shape index (κ1) is 17.1. The Morgan fingerprint density at radius 2 is 1.89 bits per heavy atom. The molecule has 0 bridgehead atoms. The van der Waals surface area contributed by atoms with Crippen molar-refractivity contribution < 1.29 is 19.0 Å². The van der Waals surface area contributed by atoms with E-state index in [1.807, 2.05) is 42.5 Å². The van der Waals surface area contributed by atoms with Crippen LogP contribution in [-0.4, -0.2) is 30.6 Å². The number of hydrogen-bond acceptors (Lipinski definition) is 6. The molecule has 0 fully saturated rings. The fourth-order valence-electron chi connectivity index (χ4n) is 3.62. The SMILES string of the molecule is COc1ccc(-c2nsc3c2NC(=O)C[C@@H]3c2ccc3c(c2)OCCO3)cc1. The fourth-order valence-corrected chi connectivity index (χ4v) is 4.59. The second-order valence-corrected chi connectivity index (χ2v) is 7.51. The van der Waals surface area contributed by atoms with Crippen LogP contribution in [0.3, 0.4) is 0 Å². The Bertz CT molecular complexity index is 1050. The third kappa shape index (κ3) is 2.88. The molecule has 0 saturated carbocycles. The number of methoxy groups -OCH3 is 1. The van der Waals surface area contributed by atoms with Gasteiger partial charge < -0.3 is 19.5 Å². The zero-order chi connectivity index (χ0) is 19.1. The fraction of sp³-hybridized carbons (Fsp3) is 0.238. The molecule has 2 aliphatic rings. The molecule has 1 N–H and O–H groups in total. The van der Waals surface area contributed by atoms with E-state index in [0.29, 0.717) is 19.6 Å². The van der Waals surface area contributed by atoms with Crippen LogP contribution in [0.1, 0.15) is 22.8 Å². The Balaban J connectivity index is 1.55. The average Bonchev–Trinajstić information content (AvgIpc) is 3.16. The van der Waals surface area contributed by atoms with Crippen LogP contribution in [0.5, 0.6) is 17.2 Å². The topological polar surface area (TPSA) is 69.7 Å². The minimum Gasteiger partial charge on any atom is -0.497 e. The number of carbonyl (C=O) groups is 1. The van der Waals surface area contributed by atoms with Gasteiger partial charge in [-0.05, 0) is 53.5 Å². The number of aromatic nitrogens is 1. The average molecular weight is 394 g/mol. The molecule has 2 aliphatic heterocycles. The standard InChI is InChI=1S/C21H18N2O4S/c1-25-14-5-2-12(3-6-14)19-20-21(28-23-19)15(11-18(24)22-20)13-4-7-16-17(10-13)27-9-8-26-16/h2-7,10,15H,8-9,11H2,1H3,(H,22,24)/t15-/m1/s1. The van der Waals surface area contributed by atoms with Gasteiger partial charge in [0.15, 0.2) is 11.5 Å². The van der Waals surface area contributed by atoms with Gasteiger partial charge in [0.1, 0.15) is 24.7 Å². The molecule has 0 spiro atoms. The molecule has 7 heteroatoms. The maximum atomic E-state index is 12.5. The third-order valence-electron chi connectivity index (χ3n) is 5.02. The number of nitrogens with zero attached hydrogens (tertiary/aromatic N) is 1. The summed E-state index contributed by atoms with van der Waals surface area (Å²) in [4.78, 5) is 13.5. The van der Waals surface area contributed by atoms with Gasteiger partial charge >= 0.3 is 0 Å². The summed E-state index contributed by atoms with van der Waals surface area (Å²) < 4.78 is 21.2. The molecular formula is C21H18N2O4S. The number of hydrogen-bond donors (Lipinski definition) is 1. The Hall–Kier alpha value is -3.06. The summed E-state index contributed by atoms with van der Waals surface area (Å²) in [6, 6.07) is 13.6. The zero-order valence-corrected chi connectivity index (χ0v) is 16.0. The quantitative estimate of drug-likeness (QED) is 0.725. The van der Waals surface area contributed by atoms with Gasteiger partial charge in [-0.2, -0.15) is 4.37 Å². The van der Waals surface area contributed by atoms with Gasteiger partial charge in [-0.3, -0.25) is 4.79 Å². The van der Waals surface area contributed by atoms with Gasteiger partial charge in [0, 0.05) is 17.9 Å². The van der Waals surface area contributed by atoms with Crippen LogP contribution in [0.4, 0.5) is 5.69 Å². The zero-order valence-electron chi connectivity index (χ0n) is 15.2. The molecule has 2 aromatic carbocycles. The van der Waals surface area contributed by atoms with Crippen LogP contribution in [0.15, 0.2) is 42.5 Å². The first-order chi connectivity index (χ1) is 13.7. The molecule has 1 amide bonds. The van der Waals surface area contributed by atoms with Crippen molar-refractivity contribution in [2.24, 2.45) is 0 Å².